The quantitative estimate of drug-likeness (QED) is 0.549. The minimum atomic E-state index is 0.785. The lowest BCUT2D eigenvalue weighted by atomic mass is 9.98. The van der Waals surface area contributed by atoms with E-state index in [0.29, 0.717) is 0 Å². The van der Waals surface area contributed by atoms with Crippen LogP contribution in [-0.4, -0.2) is 32.8 Å². The second-order valence-corrected chi connectivity index (χ2v) is 7.36. The Morgan fingerprint density at radius 2 is 1.43 bits per heavy atom. The van der Waals surface area contributed by atoms with E-state index >= 15 is 0 Å². The molecule has 0 bridgehead atoms. The normalized spacial score (nSPS) is 13.4. The molecule has 0 atom stereocenters. The van der Waals surface area contributed by atoms with Gasteiger partial charge in [0.15, 0.2) is 11.5 Å². The molecule has 0 radical (unpaired) electrons. The highest BCUT2D eigenvalue weighted by Crippen LogP contribution is 2.33. The summed E-state index contributed by atoms with van der Waals surface area (Å²) in [6.07, 6.45) is 0.998. The minimum absolute atomic E-state index is 0.785. The third-order valence-corrected chi connectivity index (χ3v) is 5.40. The molecule has 4 rings (SSSR count). The summed E-state index contributed by atoms with van der Waals surface area (Å²) in [5.74, 6) is 4.03. The first-order chi connectivity index (χ1) is 14.7. The fourth-order valence-corrected chi connectivity index (χ4v) is 3.82. The van der Waals surface area contributed by atoms with Crippen molar-refractivity contribution in [2.24, 2.45) is 0 Å². The summed E-state index contributed by atoms with van der Waals surface area (Å²) in [5, 5.41) is 0. The molecule has 0 fully saturated rings. The van der Waals surface area contributed by atoms with Gasteiger partial charge in [-0.15, -0.1) is 0 Å². The number of ether oxygens (including phenoxy) is 4. The van der Waals surface area contributed by atoms with E-state index in [-0.39, 0.29) is 0 Å². The summed E-state index contributed by atoms with van der Waals surface area (Å²) in [5.41, 5.74) is 3.86. The third-order valence-electron chi connectivity index (χ3n) is 5.40. The largest absolute Gasteiger partial charge is 0.497 e. The smallest absolute Gasteiger partial charge is 0.161 e. The van der Waals surface area contributed by atoms with Crippen LogP contribution in [0.25, 0.3) is 0 Å². The molecular formula is C25H27NO4. The Labute approximate surface area is 177 Å². The molecule has 156 valence electrons. The highest BCUT2D eigenvalue weighted by Gasteiger charge is 2.19. The van der Waals surface area contributed by atoms with Gasteiger partial charge in [-0.25, -0.2) is 0 Å². The highest BCUT2D eigenvalue weighted by atomic mass is 16.5. The summed E-state index contributed by atoms with van der Waals surface area (Å²) in [6, 6.07) is 20.1. The number of nitrogens with zero attached hydrogens (tertiary/aromatic N) is 1. The molecule has 5 heteroatoms. The topological polar surface area (TPSA) is 40.2 Å². The SMILES string of the molecule is COc1ccc(Oc2cccc(CN3CCc4cc(OC)c(OC)cc4C3)c2)cc1. The van der Waals surface area contributed by atoms with Crippen molar-refractivity contribution < 1.29 is 18.9 Å². The number of hydrogen-bond donors (Lipinski definition) is 0. The Bertz CT molecular complexity index is 1000. The van der Waals surface area contributed by atoms with Gasteiger partial charge < -0.3 is 18.9 Å². The molecule has 3 aromatic carbocycles. The summed E-state index contributed by atoms with van der Waals surface area (Å²) in [6.45, 7) is 2.76. The monoisotopic (exact) mass is 405 g/mol. The second kappa shape index (κ2) is 9.09. The number of benzene rings is 3. The van der Waals surface area contributed by atoms with E-state index in [2.05, 4.69) is 29.2 Å². The van der Waals surface area contributed by atoms with E-state index in [0.717, 1.165) is 54.8 Å². The Balaban J connectivity index is 1.44. The van der Waals surface area contributed by atoms with Crippen LogP contribution in [0.1, 0.15) is 16.7 Å². The van der Waals surface area contributed by atoms with E-state index in [1.807, 2.05) is 36.4 Å². The molecule has 3 aromatic rings. The first-order valence-electron chi connectivity index (χ1n) is 10.1. The maximum Gasteiger partial charge on any atom is 0.161 e. The lowest BCUT2D eigenvalue weighted by molar-refractivity contribution is 0.244. The fourth-order valence-electron chi connectivity index (χ4n) is 3.82. The molecule has 0 spiro atoms. The average molecular weight is 405 g/mol. The van der Waals surface area contributed by atoms with Crippen molar-refractivity contribution in [2.45, 2.75) is 19.5 Å². The number of methoxy groups -OCH3 is 3. The molecule has 0 amide bonds. The van der Waals surface area contributed by atoms with Gasteiger partial charge >= 0.3 is 0 Å². The second-order valence-electron chi connectivity index (χ2n) is 7.36. The van der Waals surface area contributed by atoms with Gasteiger partial charge in [-0.05, 0) is 71.6 Å². The van der Waals surface area contributed by atoms with Crippen LogP contribution in [0.3, 0.4) is 0 Å². The molecule has 0 unspecified atom stereocenters. The summed E-state index contributed by atoms with van der Waals surface area (Å²) in [7, 11) is 5.02. The molecule has 1 heterocycles. The van der Waals surface area contributed by atoms with Crippen molar-refractivity contribution in [1.82, 2.24) is 4.90 Å². The summed E-state index contributed by atoms with van der Waals surface area (Å²) in [4.78, 5) is 2.45. The zero-order valence-corrected chi connectivity index (χ0v) is 17.7. The lowest BCUT2D eigenvalue weighted by Crippen LogP contribution is -2.30. The highest BCUT2D eigenvalue weighted by molar-refractivity contribution is 5.48. The molecular weight excluding hydrogens is 378 g/mol. The summed E-state index contributed by atoms with van der Waals surface area (Å²) >= 11 is 0. The average Bonchev–Trinajstić information content (AvgIpc) is 2.79. The number of fused-ring (bicyclic) bond motifs is 1. The van der Waals surface area contributed by atoms with E-state index in [1.165, 1.54) is 16.7 Å². The van der Waals surface area contributed by atoms with Gasteiger partial charge in [-0.1, -0.05) is 12.1 Å². The lowest BCUT2D eigenvalue weighted by Gasteiger charge is -2.29. The third kappa shape index (κ3) is 4.52. The molecule has 0 saturated carbocycles. The zero-order valence-electron chi connectivity index (χ0n) is 17.7. The van der Waals surface area contributed by atoms with E-state index in [4.69, 9.17) is 18.9 Å². The van der Waals surface area contributed by atoms with E-state index < -0.39 is 0 Å². The zero-order chi connectivity index (χ0) is 20.9. The number of rotatable bonds is 7. The Kier molecular flexibility index (Phi) is 6.10. The van der Waals surface area contributed by atoms with Gasteiger partial charge in [0, 0.05) is 19.6 Å². The van der Waals surface area contributed by atoms with Crippen molar-refractivity contribution in [3.63, 3.8) is 0 Å². The Hall–Kier alpha value is -3.18. The molecule has 30 heavy (non-hydrogen) atoms. The predicted octanol–water partition coefficient (Wildman–Crippen LogP) is 5.06. The van der Waals surface area contributed by atoms with Crippen molar-refractivity contribution in [3.05, 3.63) is 77.4 Å². The molecule has 1 aliphatic heterocycles. The van der Waals surface area contributed by atoms with Crippen LogP contribution in [0.15, 0.2) is 60.7 Å². The number of hydrogen-bond acceptors (Lipinski definition) is 5. The van der Waals surface area contributed by atoms with Gasteiger partial charge in [0.25, 0.3) is 0 Å². The van der Waals surface area contributed by atoms with Crippen molar-refractivity contribution in [1.29, 1.82) is 0 Å². The first-order valence-corrected chi connectivity index (χ1v) is 10.1. The van der Waals surface area contributed by atoms with Crippen LogP contribution in [0.4, 0.5) is 0 Å². The van der Waals surface area contributed by atoms with Gasteiger partial charge in [0.1, 0.15) is 17.2 Å². The maximum atomic E-state index is 6.02. The van der Waals surface area contributed by atoms with Gasteiger partial charge in [0.2, 0.25) is 0 Å². The maximum absolute atomic E-state index is 6.02. The Morgan fingerprint density at radius 3 is 2.13 bits per heavy atom. The first kappa shape index (κ1) is 20.1. The van der Waals surface area contributed by atoms with Crippen LogP contribution in [0.5, 0.6) is 28.7 Å². The fraction of sp³-hybridized carbons (Fsp3) is 0.280. The summed E-state index contributed by atoms with van der Waals surface area (Å²) < 4.78 is 22.1. The molecule has 5 nitrogen and oxygen atoms in total. The van der Waals surface area contributed by atoms with Crippen molar-refractivity contribution >= 4 is 0 Å². The van der Waals surface area contributed by atoms with Crippen LogP contribution < -0.4 is 18.9 Å². The van der Waals surface area contributed by atoms with Crippen molar-refractivity contribution in [2.75, 3.05) is 27.9 Å². The molecule has 0 saturated heterocycles. The van der Waals surface area contributed by atoms with Gasteiger partial charge in [-0.3, -0.25) is 4.90 Å². The van der Waals surface area contributed by atoms with Crippen molar-refractivity contribution in [3.8, 4) is 28.7 Å². The standard InChI is InChI=1S/C25H27NO4/c1-27-21-7-9-22(10-8-21)30-23-6-4-5-18(13-23)16-26-12-11-19-14-24(28-2)25(29-3)15-20(19)17-26/h4-10,13-15H,11-12,16-17H2,1-3H3. The molecule has 0 N–H and O–H groups in total. The van der Waals surface area contributed by atoms with E-state index in [9.17, 15) is 0 Å². The molecule has 0 aliphatic carbocycles. The predicted molar refractivity (Wildman–Crippen MR) is 117 cm³/mol. The Morgan fingerprint density at radius 1 is 0.733 bits per heavy atom. The van der Waals surface area contributed by atoms with Crippen LogP contribution >= 0.6 is 0 Å². The van der Waals surface area contributed by atoms with E-state index in [1.54, 1.807) is 21.3 Å². The van der Waals surface area contributed by atoms with Crippen LogP contribution in [0, 0.1) is 0 Å². The molecule has 1 aliphatic rings. The minimum Gasteiger partial charge on any atom is -0.497 e. The van der Waals surface area contributed by atoms with Gasteiger partial charge in [-0.2, -0.15) is 0 Å². The molecule has 0 aromatic heterocycles. The van der Waals surface area contributed by atoms with Crippen LogP contribution in [0.2, 0.25) is 0 Å². The van der Waals surface area contributed by atoms with Crippen LogP contribution in [-0.2, 0) is 19.5 Å². The van der Waals surface area contributed by atoms with Gasteiger partial charge in [0.05, 0.1) is 21.3 Å².